The molecule has 1 aromatic carbocycles. The van der Waals surface area contributed by atoms with Crippen molar-refractivity contribution in [1.29, 1.82) is 0 Å². The summed E-state index contributed by atoms with van der Waals surface area (Å²) in [5, 5.41) is 15.7. The first-order chi connectivity index (χ1) is 21.9. The molecule has 4 rings (SSSR count). The van der Waals surface area contributed by atoms with Gasteiger partial charge in [-0.3, -0.25) is 14.4 Å². The van der Waals surface area contributed by atoms with Crippen molar-refractivity contribution < 1.29 is 29.0 Å². The number of carbonyl (C=O) groups excluding carboxylic acids is 2. The van der Waals surface area contributed by atoms with Crippen LogP contribution in [0.3, 0.4) is 0 Å². The number of fused-ring (bicyclic) bond motifs is 3. The van der Waals surface area contributed by atoms with Crippen LogP contribution in [0.2, 0.25) is 0 Å². The number of carboxylic acids is 1. The van der Waals surface area contributed by atoms with Gasteiger partial charge in [0.2, 0.25) is 11.8 Å². The van der Waals surface area contributed by atoms with Crippen LogP contribution in [0.1, 0.15) is 70.5 Å². The molecule has 0 spiro atoms. The Kier molecular flexibility index (Phi) is 13.4. The van der Waals surface area contributed by atoms with Gasteiger partial charge in [0, 0.05) is 43.3 Å². The number of benzene rings is 1. The van der Waals surface area contributed by atoms with Crippen LogP contribution in [-0.2, 0) is 36.8 Å². The SMILES string of the molecule is CCCCc1nc2c(N)nc3ccccc3c2n1CCCCNC(=O)C1CCC(C(=O)NCCOCCOCCC(=O)O)CC1. The lowest BCUT2D eigenvalue weighted by Gasteiger charge is -2.27. The Morgan fingerprint density at radius 1 is 0.911 bits per heavy atom. The van der Waals surface area contributed by atoms with E-state index in [1.807, 2.05) is 18.2 Å². The van der Waals surface area contributed by atoms with E-state index in [0.717, 1.165) is 66.4 Å². The monoisotopic (exact) mass is 624 g/mol. The minimum atomic E-state index is -0.893. The first-order valence-electron chi connectivity index (χ1n) is 16.3. The number of pyridine rings is 1. The van der Waals surface area contributed by atoms with Crippen molar-refractivity contribution in [3.8, 4) is 0 Å². The van der Waals surface area contributed by atoms with Crippen LogP contribution in [-0.4, -0.2) is 76.9 Å². The number of hydrogen-bond donors (Lipinski definition) is 4. The predicted molar refractivity (Wildman–Crippen MR) is 173 cm³/mol. The van der Waals surface area contributed by atoms with E-state index in [2.05, 4.69) is 33.2 Å². The molecule has 1 aliphatic rings. The van der Waals surface area contributed by atoms with Gasteiger partial charge in [0.15, 0.2) is 5.82 Å². The third-order valence-electron chi connectivity index (χ3n) is 8.40. The number of aryl methyl sites for hydroxylation is 2. The molecule has 246 valence electrons. The van der Waals surface area contributed by atoms with Gasteiger partial charge < -0.3 is 35.5 Å². The summed E-state index contributed by atoms with van der Waals surface area (Å²) in [6.45, 7) is 5.19. The number of nitrogen functional groups attached to an aromatic ring is 1. The molecule has 0 saturated heterocycles. The molecule has 0 radical (unpaired) electrons. The highest BCUT2D eigenvalue weighted by atomic mass is 16.5. The van der Waals surface area contributed by atoms with Crippen molar-refractivity contribution in [2.24, 2.45) is 11.8 Å². The molecular formula is C33H48N6O6. The van der Waals surface area contributed by atoms with E-state index in [-0.39, 0.29) is 36.7 Å². The fraction of sp³-hybridized carbons (Fsp3) is 0.606. The van der Waals surface area contributed by atoms with Crippen molar-refractivity contribution in [2.45, 2.75) is 77.7 Å². The Bertz CT molecular complexity index is 1420. The number of nitrogens with zero attached hydrogens (tertiary/aromatic N) is 3. The molecule has 0 unspecified atom stereocenters. The van der Waals surface area contributed by atoms with Gasteiger partial charge in [0.25, 0.3) is 0 Å². The molecule has 12 nitrogen and oxygen atoms in total. The van der Waals surface area contributed by atoms with E-state index in [9.17, 15) is 14.4 Å². The molecule has 2 heterocycles. The van der Waals surface area contributed by atoms with Crippen LogP contribution in [0.4, 0.5) is 5.82 Å². The highest BCUT2D eigenvalue weighted by molar-refractivity contribution is 6.06. The second kappa shape index (κ2) is 17.6. The Labute approximate surface area is 264 Å². The number of aromatic nitrogens is 3. The van der Waals surface area contributed by atoms with Crippen molar-refractivity contribution in [3.63, 3.8) is 0 Å². The fourth-order valence-corrected chi connectivity index (χ4v) is 5.91. The zero-order valence-electron chi connectivity index (χ0n) is 26.4. The highest BCUT2D eigenvalue weighted by Gasteiger charge is 2.29. The van der Waals surface area contributed by atoms with Crippen LogP contribution in [0.25, 0.3) is 21.9 Å². The summed E-state index contributed by atoms with van der Waals surface area (Å²) < 4.78 is 12.9. The fourth-order valence-electron chi connectivity index (χ4n) is 5.91. The minimum Gasteiger partial charge on any atom is -0.481 e. The third-order valence-corrected chi connectivity index (χ3v) is 8.40. The highest BCUT2D eigenvalue weighted by Crippen LogP contribution is 2.30. The first kappa shape index (κ1) is 34.1. The molecule has 45 heavy (non-hydrogen) atoms. The number of amides is 2. The Morgan fingerprint density at radius 3 is 2.27 bits per heavy atom. The van der Waals surface area contributed by atoms with Crippen molar-refractivity contribution in [3.05, 3.63) is 30.1 Å². The summed E-state index contributed by atoms with van der Waals surface area (Å²) in [4.78, 5) is 45.3. The summed E-state index contributed by atoms with van der Waals surface area (Å²) >= 11 is 0. The lowest BCUT2D eigenvalue weighted by atomic mass is 9.81. The molecule has 1 saturated carbocycles. The molecule has 1 aliphatic carbocycles. The summed E-state index contributed by atoms with van der Waals surface area (Å²) in [6, 6.07) is 8.04. The molecule has 1 fully saturated rings. The number of anilines is 1. The van der Waals surface area contributed by atoms with Gasteiger partial charge in [0.05, 0.1) is 43.9 Å². The molecule has 0 aliphatic heterocycles. The first-order valence-corrected chi connectivity index (χ1v) is 16.3. The summed E-state index contributed by atoms with van der Waals surface area (Å²) in [6.07, 6.45) is 7.55. The smallest absolute Gasteiger partial charge is 0.305 e. The molecule has 2 aromatic heterocycles. The molecule has 0 atom stereocenters. The van der Waals surface area contributed by atoms with E-state index in [4.69, 9.17) is 25.3 Å². The predicted octanol–water partition coefficient (Wildman–Crippen LogP) is 3.84. The maximum Gasteiger partial charge on any atom is 0.305 e. The Hall–Kier alpha value is -3.77. The average molecular weight is 625 g/mol. The second-order valence-electron chi connectivity index (χ2n) is 11.7. The van der Waals surface area contributed by atoms with Gasteiger partial charge in [-0.1, -0.05) is 31.5 Å². The normalized spacial score (nSPS) is 16.6. The molecular weight excluding hydrogens is 576 g/mol. The summed E-state index contributed by atoms with van der Waals surface area (Å²) in [7, 11) is 0. The van der Waals surface area contributed by atoms with Gasteiger partial charge in [-0.15, -0.1) is 0 Å². The number of nitrogens with one attached hydrogen (secondary N) is 2. The second-order valence-corrected chi connectivity index (χ2v) is 11.7. The van der Waals surface area contributed by atoms with Crippen LogP contribution >= 0.6 is 0 Å². The van der Waals surface area contributed by atoms with Crippen molar-refractivity contribution in [1.82, 2.24) is 25.2 Å². The van der Waals surface area contributed by atoms with E-state index in [0.29, 0.717) is 64.4 Å². The van der Waals surface area contributed by atoms with E-state index < -0.39 is 5.97 Å². The van der Waals surface area contributed by atoms with Gasteiger partial charge in [-0.2, -0.15) is 0 Å². The van der Waals surface area contributed by atoms with E-state index >= 15 is 0 Å². The topological polar surface area (TPSA) is 171 Å². The van der Waals surface area contributed by atoms with Crippen LogP contribution in [0.15, 0.2) is 24.3 Å². The van der Waals surface area contributed by atoms with Gasteiger partial charge in [-0.05, 0) is 51.0 Å². The summed E-state index contributed by atoms with van der Waals surface area (Å²) in [5.41, 5.74) is 8.99. The number of imidazole rings is 1. The minimum absolute atomic E-state index is 0.00538. The Morgan fingerprint density at radius 2 is 1.58 bits per heavy atom. The molecule has 5 N–H and O–H groups in total. The average Bonchev–Trinajstić information content (AvgIpc) is 3.41. The van der Waals surface area contributed by atoms with Gasteiger partial charge in [-0.25, -0.2) is 9.97 Å². The van der Waals surface area contributed by atoms with Crippen molar-refractivity contribution in [2.75, 3.05) is 45.3 Å². The number of aliphatic carboxylic acids is 1. The standard InChI is InChI=1S/C33H48N6O6/c1-2-3-10-27-38-29-30(25-8-4-5-9-26(25)37-31(29)34)39(27)18-7-6-16-35-32(42)23-11-13-24(14-12-23)33(43)36-17-20-45-22-21-44-19-15-28(40)41/h4-5,8-9,23-24H,2-3,6-7,10-22H2,1H3,(H2,34,37)(H,35,42)(H,36,43)(H,40,41). The number of rotatable bonds is 19. The number of hydrogen-bond acceptors (Lipinski definition) is 8. The number of ether oxygens (including phenoxy) is 2. The maximum absolute atomic E-state index is 12.9. The van der Waals surface area contributed by atoms with Crippen LogP contribution in [0.5, 0.6) is 0 Å². The Balaban J connectivity index is 1.14. The summed E-state index contributed by atoms with van der Waals surface area (Å²) in [5.74, 6) is 0.547. The third kappa shape index (κ3) is 9.86. The zero-order chi connectivity index (χ0) is 32.0. The quantitative estimate of drug-likeness (QED) is 0.145. The van der Waals surface area contributed by atoms with Gasteiger partial charge in [0.1, 0.15) is 11.3 Å². The molecule has 12 heteroatoms. The lowest BCUT2D eigenvalue weighted by Crippen LogP contribution is -2.38. The molecule has 2 amide bonds. The van der Waals surface area contributed by atoms with Gasteiger partial charge >= 0.3 is 5.97 Å². The number of carboxylic acid groups (broad SMARTS) is 1. The number of para-hydroxylation sites is 1. The van der Waals surface area contributed by atoms with Crippen LogP contribution < -0.4 is 16.4 Å². The molecule has 3 aromatic rings. The number of nitrogens with two attached hydrogens (primary N) is 1. The number of carbonyl (C=O) groups is 3. The van der Waals surface area contributed by atoms with Crippen LogP contribution in [0, 0.1) is 11.8 Å². The number of unbranched alkanes of at least 4 members (excludes halogenated alkanes) is 2. The van der Waals surface area contributed by atoms with E-state index in [1.165, 1.54) is 0 Å². The zero-order valence-corrected chi connectivity index (χ0v) is 26.4. The van der Waals surface area contributed by atoms with E-state index in [1.54, 1.807) is 0 Å². The molecule has 0 bridgehead atoms. The lowest BCUT2D eigenvalue weighted by molar-refractivity contribution is -0.138. The van der Waals surface area contributed by atoms with Crippen molar-refractivity contribution >= 4 is 45.5 Å². The maximum atomic E-state index is 12.9. The largest absolute Gasteiger partial charge is 0.481 e.